The molecule has 1 aromatic heterocycles. The number of anilines is 1. The van der Waals surface area contributed by atoms with E-state index in [0.29, 0.717) is 16.9 Å². The lowest BCUT2D eigenvalue weighted by Gasteiger charge is -2.40. The molecule has 2 aliphatic rings. The van der Waals surface area contributed by atoms with Gasteiger partial charge < -0.3 is 10.2 Å². The maximum absolute atomic E-state index is 12.6. The van der Waals surface area contributed by atoms with Crippen LogP contribution in [0.3, 0.4) is 0 Å². The van der Waals surface area contributed by atoms with Gasteiger partial charge in [0, 0.05) is 25.4 Å². The van der Waals surface area contributed by atoms with E-state index in [0.717, 1.165) is 31.6 Å². The molecule has 1 atom stereocenters. The molecule has 0 amide bonds. The van der Waals surface area contributed by atoms with Crippen LogP contribution in [0.5, 0.6) is 0 Å². The van der Waals surface area contributed by atoms with E-state index in [2.05, 4.69) is 20.2 Å². The Kier molecular flexibility index (Phi) is 2.86. The van der Waals surface area contributed by atoms with Crippen molar-refractivity contribution in [1.82, 2.24) is 15.3 Å². The molecule has 1 saturated heterocycles. The van der Waals surface area contributed by atoms with E-state index in [1.165, 1.54) is 11.8 Å². The minimum absolute atomic E-state index is 0.294. The molecule has 0 aliphatic carbocycles. The van der Waals surface area contributed by atoms with E-state index in [-0.39, 0.29) is 0 Å². The zero-order chi connectivity index (χ0) is 12.8. The largest absolute Gasteiger partial charge is 0.434 e. The van der Waals surface area contributed by atoms with Crippen LogP contribution in [0.2, 0.25) is 0 Å². The first-order valence-electron chi connectivity index (χ1n) is 5.60. The second-order valence-corrected chi connectivity index (χ2v) is 5.25. The van der Waals surface area contributed by atoms with Crippen molar-refractivity contribution in [3.63, 3.8) is 0 Å². The standard InChI is InChI=1S/C10H11F3N4S/c11-10(12,13)7-4-15-8-9(16-7)18-5-6-3-14-1-2-17(6)8/h4,6,14H,1-3,5H2. The highest BCUT2D eigenvalue weighted by atomic mass is 32.2. The monoisotopic (exact) mass is 276 g/mol. The summed E-state index contributed by atoms with van der Waals surface area (Å²) in [5, 5.41) is 3.66. The minimum Gasteiger partial charge on any atom is -0.348 e. The summed E-state index contributed by atoms with van der Waals surface area (Å²) in [6, 6.07) is 0.294. The molecule has 3 heterocycles. The summed E-state index contributed by atoms with van der Waals surface area (Å²) in [5.74, 6) is 1.33. The highest BCUT2D eigenvalue weighted by molar-refractivity contribution is 7.99. The molecule has 0 aromatic carbocycles. The molecular formula is C10H11F3N4S. The van der Waals surface area contributed by atoms with Crippen molar-refractivity contribution in [3.05, 3.63) is 11.9 Å². The maximum atomic E-state index is 12.6. The summed E-state index contributed by atoms with van der Waals surface area (Å²) in [6.07, 6.45) is -3.60. The van der Waals surface area contributed by atoms with Crippen molar-refractivity contribution < 1.29 is 13.2 Å². The molecule has 1 unspecified atom stereocenters. The SMILES string of the molecule is FC(F)(F)c1cnc2c(n1)SCC1CNCCN21. The lowest BCUT2D eigenvalue weighted by atomic mass is 10.2. The number of aromatic nitrogens is 2. The summed E-state index contributed by atoms with van der Waals surface area (Å²) >= 11 is 1.35. The highest BCUT2D eigenvalue weighted by Crippen LogP contribution is 2.37. The van der Waals surface area contributed by atoms with Crippen molar-refractivity contribution in [2.24, 2.45) is 0 Å². The van der Waals surface area contributed by atoms with Gasteiger partial charge in [-0.1, -0.05) is 0 Å². The second kappa shape index (κ2) is 4.27. The van der Waals surface area contributed by atoms with Crippen LogP contribution in [0.4, 0.5) is 19.0 Å². The van der Waals surface area contributed by atoms with Crippen molar-refractivity contribution in [2.75, 3.05) is 30.3 Å². The Morgan fingerprint density at radius 1 is 1.44 bits per heavy atom. The fourth-order valence-electron chi connectivity index (χ4n) is 2.16. The van der Waals surface area contributed by atoms with Crippen molar-refractivity contribution in [2.45, 2.75) is 17.2 Å². The Hall–Kier alpha value is -1.02. The molecule has 1 aromatic rings. The van der Waals surface area contributed by atoms with E-state index in [1.54, 1.807) is 0 Å². The van der Waals surface area contributed by atoms with E-state index in [1.807, 2.05) is 0 Å². The Morgan fingerprint density at radius 3 is 3.06 bits per heavy atom. The predicted molar refractivity (Wildman–Crippen MR) is 61.8 cm³/mol. The third kappa shape index (κ3) is 2.03. The zero-order valence-corrected chi connectivity index (χ0v) is 10.2. The Bertz CT molecular complexity index is 465. The summed E-state index contributed by atoms with van der Waals surface area (Å²) in [7, 11) is 0. The third-order valence-electron chi connectivity index (χ3n) is 3.05. The second-order valence-electron chi connectivity index (χ2n) is 4.24. The third-order valence-corrected chi connectivity index (χ3v) is 4.15. The van der Waals surface area contributed by atoms with Crippen LogP contribution in [0, 0.1) is 0 Å². The first-order chi connectivity index (χ1) is 8.55. The van der Waals surface area contributed by atoms with E-state index >= 15 is 0 Å². The van der Waals surface area contributed by atoms with Gasteiger partial charge in [0.15, 0.2) is 11.5 Å². The van der Waals surface area contributed by atoms with Crippen molar-refractivity contribution in [1.29, 1.82) is 0 Å². The van der Waals surface area contributed by atoms with Crippen LogP contribution in [0.15, 0.2) is 11.2 Å². The lowest BCUT2D eigenvalue weighted by molar-refractivity contribution is -0.141. The molecule has 8 heteroatoms. The van der Waals surface area contributed by atoms with Crippen molar-refractivity contribution in [3.8, 4) is 0 Å². The zero-order valence-electron chi connectivity index (χ0n) is 9.37. The average molecular weight is 276 g/mol. The molecule has 0 spiro atoms. The van der Waals surface area contributed by atoms with Gasteiger partial charge in [0.2, 0.25) is 0 Å². The van der Waals surface area contributed by atoms with Gasteiger partial charge >= 0.3 is 6.18 Å². The summed E-state index contributed by atoms with van der Waals surface area (Å²) in [6.45, 7) is 2.43. The molecule has 3 rings (SSSR count). The van der Waals surface area contributed by atoms with Crippen LogP contribution in [0.25, 0.3) is 0 Å². The average Bonchev–Trinajstić information content (AvgIpc) is 2.37. The predicted octanol–water partition coefficient (Wildman–Crippen LogP) is 1.38. The van der Waals surface area contributed by atoms with E-state index in [9.17, 15) is 13.2 Å². The fourth-order valence-corrected chi connectivity index (χ4v) is 3.27. The smallest absolute Gasteiger partial charge is 0.348 e. The number of fused-ring (bicyclic) bond motifs is 3. The van der Waals surface area contributed by atoms with Gasteiger partial charge in [-0.25, -0.2) is 9.97 Å². The van der Waals surface area contributed by atoms with Gasteiger partial charge in [-0.15, -0.1) is 11.8 Å². The maximum Gasteiger partial charge on any atom is 0.434 e. The molecule has 0 saturated carbocycles. The molecule has 2 aliphatic heterocycles. The van der Waals surface area contributed by atoms with Gasteiger partial charge in [-0.3, -0.25) is 0 Å². The number of rotatable bonds is 0. The first-order valence-corrected chi connectivity index (χ1v) is 6.58. The summed E-state index contributed by atoms with van der Waals surface area (Å²) in [5.41, 5.74) is -0.915. The molecule has 1 fully saturated rings. The quantitative estimate of drug-likeness (QED) is 0.775. The number of nitrogens with one attached hydrogen (secondary N) is 1. The van der Waals surface area contributed by atoms with Gasteiger partial charge in [0.25, 0.3) is 0 Å². The van der Waals surface area contributed by atoms with E-state index in [4.69, 9.17) is 0 Å². The Labute approximate surface area is 106 Å². The van der Waals surface area contributed by atoms with Crippen LogP contribution >= 0.6 is 11.8 Å². The van der Waals surface area contributed by atoms with Gasteiger partial charge in [-0.2, -0.15) is 13.2 Å². The van der Waals surface area contributed by atoms with Crippen LogP contribution < -0.4 is 10.2 Å². The van der Waals surface area contributed by atoms with Crippen molar-refractivity contribution >= 4 is 17.6 Å². The number of hydrogen-bond acceptors (Lipinski definition) is 5. The first kappa shape index (κ1) is 12.0. The number of alkyl halides is 3. The van der Waals surface area contributed by atoms with Gasteiger partial charge in [0.1, 0.15) is 5.03 Å². The topological polar surface area (TPSA) is 41.1 Å². The number of nitrogens with zero attached hydrogens (tertiary/aromatic N) is 3. The van der Waals surface area contributed by atoms with E-state index < -0.39 is 11.9 Å². The Morgan fingerprint density at radius 2 is 2.28 bits per heavy atom. The summed E-state index contributed by atoms with van der Waals surface area (Å²) in [4.78, 5) is 9.70. The summed E-state index contributed by atoms with van der Waals surface area (Å²) < 4.78 is 37.7. The van der Waals surface area contributed by atoms with Crippen LogP contribution in [0.1, 0.15) is 5.69 Å². The van der Waals surface area contributed by atoms with Gasteiger partial charge in [0.05, 0.1) is 12.2 Å². The number of hydrogen-bond donors (Lipinski definition) is 1. The lowest BCUT2D eigenvalue weighted by Crippen LogP contribution is -2.54. The van der Waals surface area contributed by atoms with Gasteiger partial charge in [-0.05, 0) is 0 Å². The molecule has 0 bridgehead atoms. The number of halogens is 3. The van der Waals surface area contributed by atoms with Crippen LogP contribution in [-0.4, -0.2) is 41.4 Å². The molecule has 0 radical (unpaired) electrons. The normalized spacial score (nSPS) is 23.5. The Balaban J connectivity index is 1.96. The molecule has 98 valence electrons. The molecule has 18 heavy (non-hydrogen) atoms. The molecule has 4 nitrogen and oxygen atoms in total. The highest BCUT2D eigenvalue weighted by Gasteiger charge is 2.36. The molecule has 1 N–H and O–H groups in total. The van der Waals surface area contributed by atoms with Crippen LogP contribution in [-0.2, 0) is 6.18 Å². The number of piperazine rings is 1. The number of thioether (sulfide) groups is 1. The fraction of sp³-hybridized carbons (Fsp3) is 0.600. The minimum atomic E-state index is -4.43. The molecular weight excluding hydrogens is 265 g/mol.